The summed E-state index contributed by atoms with van der Waals surface area (Å²) in [5.41, 5.74) is 0.579. The van der Waals surface area contributed by atoms with Crippen LogP contribution in [0, 0.1) is 11.3 Å². The number of carbonyl (C=O) groups is 1. The summed E-state index contributed by atoms with van der Waals surface area (Å²) in [5, 5.41) is 9.19. The van der Waals surface area contributed by atoms with Crippen LogP contribution in [0.15, 0.2) is 24.3 Å². The van der Waals surface area contributed by atoms with Crippen molar-refractivity contribution in [1.29, 1.82) is 5.26 Å². The molecule has 5 nitrogen and oxygen atoms in total. The number of hydrogen-bond donors (Lipinski definition) is 0. The molecule has 0 aliphatic rings. The van der Waals surface area contributed by atoms with Gasteiger partial charge in [0.1, 0.15) is 11.8 Å². The molecule has 0 saturated heterocycles. The minimum atomic E-state index is -1.90. The summed E-state index contributed by atoms with van der Waals surface area (Å²) in [6, 6.07) is 8.95. The van der Waals surface area contributed by atoms with E-state index in [9.17, 15) is 4.79 Å². The quantitative estimate of drug-likeness (QED) is 0.606. The second kappa shape index (κ2) is 6.84. The molecule has 1 aromatic carbocycles. The molecule has 0 aliphatic carbocycles. The smallest absolute Gasteiger partial charge is 0.509 e. The summed E-state index contributed by atoms with van der Waals surface area (Å²) in [4.78, 5) is 11.1. The van der Waals surface area contributed by atoms with Crippen LogP contribution in [-0.4, -0.2) is 21.6 Å². The molecule has 0 heterocycles. The van der Waals surface area contributed by atoms with Crippen molar-refractivity contribution >= 4 is 14.5 Å². The maximum absolute atomic E-state index is 11.1. The highest BCUT2D eigenvalue weighted by atomic mass is 28.4. The fourth-order valence-corrected chi connectivity index (χ4v) is 2.50. The average molecular weight is 321 g/mol. The van der Waals surface area contributed by atoms with Crippen LogP contribution in [0.3, 0.4) is 0 Å². The molecule has 1 rings (SSSR count). The topological polar surface area (TPSA) is 68.5 Å². The Morgan fingerprint density at radius 1 is 1.23 bits per heavy atom. The molecule has 1 aromatic rings. The standard InChI is InChI=1S/C16H23NO4Si/c1-16(2,3)22(5,6)21-13-9-7-12(8-10-13)14(11-17)20-15(18)19-4/h7-10,14H,1-6H3/t14-/m0/s1. The first-order valence-electron chi connectivity index (χ1n) is 7.04. The second-order valence-corrected chi connectivity index (χ2v) is 11.2. The summed E-state index contributed by atoms with van der Waals surface area (Å²) in [5.74, 6) is 0.755. The SMILES string of the molecule is COC(=O)O[C@@H](C#N)c1ccc(O[Si](C)(C)C(C)(C)C)cc1. The van der Waals surface area contributed by atoms with E-state index >= 15 is 0 Å². The lowest BCUT2D eigenvalue weighted by atomic mass is 10.1. The Balaban J connectivity index is 2.87. The van der Waals surface area contributed by atoms with Crippen molar-refractivity contribution in [1.82, 2.24) is 0 Å². The zero-order chi connectivity index (χ0) is 17.0. The van der Waals surface area contributed by atoms with Gasteiger partial charge in [-0.1, -0.05) is 32.9 Å². The number of nitrogens with zero attached hydrogens (tertiary/aromatic N) is 1. The van der Waals surface area contributed by atoms with Crippen LogP contribution in [0.4, 0.5) is 4.79 Å². The minimum Gasteiger partial charge on any atom is -0.544 e. The van der Waals surface area contributed by atoms with Crippen LogP contribution in [0.5, 0.6) is 5.75 Å². The average Bonchev–Trinajstić information content (AvgIpc) is 2.44. The van der Waals surface area contributed by atoms with Crippen LogP contribution >= 0.6 is 0 Å². The molecule has 1 atom stereocenters. The number of carbonyl (C=O) groups excluding carboxylic acids is 1. The van der Waals surface area contributed by atoms with Gasteiger partial charge in [0.15, 0.2) is 0 Å². The van der Waals surface area contributed by atoms with Crippen molar-refractivity contribution in [2.75, 3.05) is 7.11 Å². The maximum atomic E-state index is 11.1. The van der Waals surface area contributed by atoms with Crippen molar-refractivity contribution in [3.05, 3.63) is 29.8 Å². The fraction of sp³-hybridized carbons (Fsp3) is 0.500. The van der Waals surface area contributed by atoms with E-state index in [0.29, 0.717) is 5.56 Å². The van der Waals surface area contributed by atoms with Crippen LogP contribution in [-0.2, 0) is 9.47 Å². The highest BCUT2D eigenvalue weighted by Gasteiger charge is 2.38. The van der Waals surface area contributed by atoms with E-state index in [-0.39, 0.29) is 5.04 Å². The molecule has 0 unspecified atom stereocenters. The number of hydrogen-bond acceptors (Lipinski definition) is 5. The second-order valence-electron chi connectivity index (χ2n) is 6.51. The van der Waals surface area contributed by atoms with Gasteiger partial charge in [-0.2, -0.15) is 5.26 Å². The first-order valence-corrected chi connectivity index (χ1v) is 9.95. The number of nitriles is 1. The zero-order valence-electron chi connectivity index (χ0n) is 14.0. The predicted octanol–water partition coefficient (Wildman–Crippen LogP) is 4.42. The lowest BCUT2D eigenvalue weighted by Gasteiger charge is -2.36. The summed E-state index contributed by atoms with van der Waals surface area (Å²) in [6.07, 6.45) is -1.87. The van der Waals surface area contributed by atoms with Crippen LogP contribution < -0.4 is 4.43 Å². The van der Waals surface area contributed by atoms with Gasteiger partial charge in [0.25, 0.3) is 0 Å². The zero-order valence-corrected chi connectivity index (χ0v) is 15.0. The first kappa shape index (κ1) is 18.0. The summed E-state index contributed by atoms with van der Waals surface area (Å²) < 4.78 is 15.4. The van der Waals surface area contributed by atoms with E-state index in [1.54, 1.807) is 24.3 Å². The van der Waals surface area contributed by atoms with Crippen LogP contribution in [0.1, 0.15) is 32.4 Å². The highest BCUT2D eigenvalue weighted by Crippen LogP contribution is 2.37. The minimum absolute atomic E-state index is 0.106. The van der Waals surface area contributed by atoms with Gasteiger partial charge >= 0.3 is 6.16 Å². The molecule has 0 amide bonds. The lowest BCUT2D eigenvalue weighted by Crippen LogP contribution is -2.43. The Morgan fingerprint density at radius 3 is 2.18 bits per heavy atom. The van der Waals surface area contributed by atoms with Crippen molar-refractivity contribution in [2.45, 2.75) is 45.0 Å². The monoisotopic (exact) mass is 321 g/mol. The molecule has 120 valence electrons. The van der Waals surface area contributed by atoms with E-state index in [0.717, 1.165) is 5.75 Å². The Labute approximate surface area is 132 Å². The Bertz CT molecular complexity index is 555. The number of benzene rings is 1. The third-order valence-corrected chi connectivity index (χ3v) is 8.22. The Morgan fingerprint density at radius 2 is 1.77 bits per heavy atom. The largest absolute Gasteiger partial charge is 0.544 e. The van der Waals surface area contributed by atoms with E-state index in [4.69, 9.17) is 14.4 Å². The van der Waals surface area contributed by atoms with Crippen molar-refractivity contribution in [2.24, 2.45) is 0 Å². The number of methoxy groups -OCH3 is 1. The molecule has 0 spiro atoms. The molecule has 0 aromatic heterocycles. The van der Waals surface area contributed by atoms with E-state index in [2.05, 4.69) is 38.6 Å². The maximum Gasteiger partial charge on any atom is 0.509 e. The van der Waals surface area contributed by atoms with Crippen molar-refractivity contribution < 1.29 is 18.7 Å². The van der Waals surface area contributed by atoms with Crippen molar-refractivity contribution in [3.63, 3.8) is 0 Å². The molecule has 0 radical (unpaired) electrons. The van der Waals surface area contributed by atoms with Gasteiger partial charge in [0, 0.05) is 5.56 Å². The van der Waals surface area contributed by atoms with Gasteiger partial charge in [0.05, 0.1) is 7.11 Å². The van der Waals surface area contributed by atoms with Gasteiger partial charge in [-0.05, 0) is 30.3 Å². The molecular weight excluding hydrogens is 298 g/mol. The van der Waals surface area contributed by atoms with E-state index < -0.39 is 20.6 Å². The molecule has 6 heteroatoms. The highest BCUT2D eigenvalue weighted by molar-refractivity contribution is 6.74. The van der Waals surface area contributed by atoms with E-state index in [1.807, 2.05) is 6.07 Å². The Kier molecular flexibility index (Phi) is 5.61. The van der Waals surface area contributed by atoms with E-state index in [1.165, 1.54) is 7.11 Å². The molecule has 0 N–H and O–H groups in total. The number of rotatable bonds is 4. The predicted molar refractivity (Wildman–Crippen MR) is 86.1 cm³/mol. The van der Waals surface area contributed by atoms with Gasteiger partial charge in [-0.25, -0.2) is 4.79 Å². The van der Waals surface area contributed by atoms with Gasteiger partial charge in [0.2, 0.25) is 14.4 Å². The van der Waals surface area contributed by atoms with Crippen molar-refractivity contribution in [3.8, 4) is 11.8 Å². The normalized spacial score (nSPS) is 13.0. The molecule has 0 bridgehead atoms. The molecule has 0 fully saturated rings. The molecule has 0 aliphatic heterocycles. The van der Waals surface area contributed by atoms with Crippen LogP contribution in [0.25, 0.3) is 0 Å². The summed E-state index contributed by atoms with van der Waals surface area (Å²) >= 11 is 0. The fourth-order valence-electron chi connectivity index (χ4n) is 1.47. The lowest BCUT2D eigenvalue weighted by molar-refractivity contribution is 0.0543. The molecular formula is C16H23NO4Si. The number of ether oxygens (including phenoxy) is 2. The van der Waals surface area contributed by atoms with Gasteiger partial charge in [-0.15, -0.1) is 0 Å². The van der Waals surface area contributed by atoms with Gasteiger partial charge < -0.3 is 13.9 Å². The molecule has 0 saturated carbocycles. The molecule has 22 heavy (non-hydrogen) atoms. The summed E-state index contributed by atoms with van der Waals surface area (Å²) in [7, 11) is -0.700. The Hall–Kier alpha value is -2.00. The third-order valence-electron chi connectivity index (χ3n) is 3.86. The van der Waals surface area contributed by atoms with Crippen LogP contribution in [0.2, 0.25) is 18.1 Å². The first-order chi connectivity index (χ1) is 10.1. The summed E-state index contributed by atoms with van der Waals surface area (Å²) in [6.45, 7) is 10.8. The van der Waals surface area contributed by atoms with Gasteiger partial charge in [-0.3, -0.25) is 0 Å². The third kappa shape index (κ3) is 4.50.